The minimum Gasteiger partial charge on any atom is -1.00 e. The molecule has 8 fully saturated rings. The van der Waals surface area contributed by atoms with Crippen LogP contribution in [-0.4, -0.2) is 234 Å². The number of hydrogen-bond donors (Lipinski definition) is 4. The molecule has 6 saturated heterocycles. The van der Waals surface area contributed by atoms with Crippen molar-refractivity contribution < 1.29 is 88.3 Å². The highest BCUT2D eigenvalue weighted by molar-refractivity contribution is 7.14. The second-order valence-electron chi connectivity index (χ2n) is 27.0. The van der Waals surface area contributed by atoms with Gasteiger partial charge in [-0.25, -0.2) is 19.6 Å². The number of terminal acetylenes is 2. The topological polar surface area (TPSA) is 241 Å². The van der Waals surface area contributed by atoms with Crippen molar-refractivity contribution in [3.8, 4) is 47.2 Å². The Hall–Kier alpha value is -6.60. The highest BCUT2D eigenvalue weighted by Crippen LogP contribution is 2.45. The zero-order valence-electron chi connectivity index (χ0n) is 56.6. The standard InChI is InChI=1S/C32H40FN5O5S.C22H34N2O6.C15H16FN3O2S.ClH/c1-5-20-18-38(27-26(20)43-19-32(27,41-3)42-4)30(40)25(21-8-6-7-9-21)34-29(39)23-12-10-22(11-13-23)24-28(33)44-31(35-24)37-16-14-36(2)15-17-37;1-7-14-12-24(18-17(14)29-13-22(18,27-5)28-6)19(25)16(15-10-8-9-11-15)23-20(26)30-21(2,3)4;1-18-6-8-19(9-7-18)15-17-12(13(16)22-15)10-2-4-11(5-3-10)14(20)21;/h1,10-13,20-21,25-27H,6-9,14-19H2,2-4H3,(H,34,39);1,14-18H,8-13H2,2-6H3,(H,23,26);2-5H,6-9H2,1H3,(H,20,21);1H/t20-,25+,26-,27+;14-,16+,17-,18+;;/m11../s1. The highest BCUT2D eigenvalue weighted by Gasteiger charge is 2.63. The van der Waals surface area contributed by atoms with Crippen LogP contribution in [0.15, 0.2) is 48.5 Å². The number of likely N-dealkylation sites (N-methyl/N-ethyl adjacent to an activating group) is 2. The van der Waals surface area contributed by atoms with Gasteiger partial charge in [0.05, 0.1) is 62.8 Å². The third-order valence-electron chi connectivity index (χ3n) is 20.0. The number of alkyl carbamates (subject to hydrolysis) is 1. The summed E-state index contributed by atoms with van der Waals surface area (Å²) >= 11 is 2.10. The molecular weight excluding hydrogens is 1310 g/mol. The molecule has 0 bridgehead atoms. The Morgan fingerprint density at radius 3 is 1.45 bits per heavy atom. The molecule has 4 aromatic rings. The Bertz CT molecular complexity index is 3460. The fourth-order valence-corrected chi connectivity index (χ4v) is 16.2. The first-order valence-corrected chi connectivity index (χ1v) is 34.7. The van der Waals surface area contributed by atoms with E-state index in [0.717, 1.165) is 126 Å². The zero-order valence-corrected chi connectivity index (χ0v) is 59.0. The Balaban J connectivity index is 0.000000181. The number of nitrogens with one attached hydrogen (secondary N) is 3. The van der Waals surface area contributed by atoms with Crippen molar-refractivity contribution in [2.45, 2.75) is 126 Å². The van der Waals surface area contributed by atoms with Crippen LogP contribution in [-0.2, 0) is 42.7 Å². The van der Waals surface area contributed by atoms with Gasteiger partial charge in [0.15, 0.2) is 10.3 Å². The van der Waals surface area contributed by atoms with Crippen molar-refractivity contribution in [1.29, 1.82) is 0 Å². The average molecular weight is 1410 g/mol. The van der Waals surface area contributed by atoms with Crippen LogP contribution < -0.4 is 37.7 Å². The lowest BCUT2D eigenvalue weighted by molar-refractivity contribution is -0.880. The summed E-state index contributed by atoms with van der Waals surface area (Å²) in [6, 6.07) is 10.4. The van der Waals surface area contributed by atoms with E-state index in [0.29, 0.717) is 45.7 Å². The Kier molecular flexibility index (Phi) is 24.7. The van der Waals surface area contributed by atoms with Gasteiger partial charge >= 0.3 is 12.1 Å². The number of methoxy groups -OCH3 is 4. The molecule has 0 unspecified atom stereocenters. The number of rotatable bonds is 16. The zero-order chi connectivity index (χ0) is 68.8. The molecule has 8 heterocycles. The smallest absolute Gasteiger partial charge is 0.408 e. The van der Waals surface area contributed by atoms with Crippen LogP contribution in [0.3, 0.4) is 0 Å². The van der Waals surface area contributed by atoms with E-state index < -0.39 is 59.5 Å². The molecule has 28 heteroatoms. The van der Waals surface area contributed by atoms with Gasteiger partial charge in [-0.15, -0.1) is 12.8 Å². The summed E-state index contributed by atoms with van der Waals surface area (Å²) < 4.78 is 69.4. The number of anilines is 2. The molecular formula is C69H91ClF2N10O13S2. The predicted octanol–water partition coefficient (Wildman–Crippen LogP) is 2.74. The predicted molar refractivity (Wildman–Crippen MR) is 357 cm³/mol. The number of carbonyl (C=O) groups is 5. The van der Waals surface area contributed by atoms with Gasteiger partial charge < -0.3 is 90.7 Å². The summed E-state index contributed by atoms with van der Waals surface area (Å²) in [6.07, 6.45) is 17.7. The minimum absolute atomic E-state index is 0. The Morgan fingerprint density at radius 1 is 0.660 bits per heavy atom. The molecule has 8 aliphatic rings. The van der Waals surface area contributed by atoms with Crippen LogP contribution in [0.1, 0.15) is 92.9 Å². The van der Waals surface area contributed by atoms with Gasteiger partial charge in [-0.3, -0.25) is 14.4 Å². The molecule has 0 radical (unpaired) electrons. The number of aromatic nitrogens is 2. The van der Waals surface area contributed by atoms with Crippen molar-refractivity contribution >= 4 is 62.7 Å². The molecule has 4 amide bonds. The molecule has 2 aromatic heterocycles. The summed E-state index contributed by atoms with van der Waals surface area (Å²) in [5, 5.41) is 15.5. The van der Waals surface area contributed by atoms with Gasteiger partial charge in [0.1, 0.15) is 54.4 Å². The number of halogens is 3. The second-order valence-corrected chi connectivity index (χ2v) is 28.9. The number of benzene rings is 2. The number of ether oxygens (including phenoxy) is 7. The van der Waals surface area contributed by atoms with Gasteiger partial charge in [-0.1, -0.05) is 84.5 Å². The monoisotopic (exact) mass is 1400 g/mol. The molecule has 528 valence electrons. The van der Waals surface area contributed by atoms with Crippen LogP contribution in [0.4, 0.5) is 23.8 Å². The van der Waals surface area contributed by atoms with E-state index in [1.165, 1.54) is 45.5 Å². The quantitative estimate of drug-likeness (QED) is 0.0932. The first-order chi connectivity index (χ1) is 46.0. The van der Waals surface area contributed by atoms with Crippen LogP contribution in [0.5, 0.6) is 0 Å². The van der Waals surface area contributed by atoms with Crippen LogP contribution in [0, 0.1) is 58.6 Å². The number of aromatic carboxylic acids is 1. The lowest BCUT2D eigenvalue weighted by Gasteiger charge is -2.38. The third-order valence-corrected chi connectivity index (χ3v) is 21.8. The largest absolute Gasteiger partial charge is 1.00 e. The molecule has 2 aromatic carbocycles. The lowest BCUT2D eigenvalue weighted by Crippen LogP contribution is -3.12. The van der Waals surface area contributed by atoms with E-state index in [1.54, 1.807) is 67.0 Å². The molecule has 0 spiro atoms. The fourth-order valence-electron chi connectivity index (χ4n) is 14.5. The fraction of sp³-hybridized carbons (Fsp3) is 0.609. The van der Waals surface area contributed by atoms with E-state index in [1.807, 2.05) is 0 Å². The number of fused-ring (bicyclic) bond motifs is 2. The number of piperazine rings is 2. The summed E-state index contributed by atoms with van der Waals surface area (Å²) in [6.45, 7) is 13.5. The van der Waals surface area contributed by atoms with Gasteiger partial charge in [-0.2, -0.15) is 8.78 Å². The molecule has 97 heavy (non-hydrogen) atoms. The van der Waals surface area contributed by atoms with Crippen LogP contribution in [0.25, 0.3) is 22.5 Å². The number of carbonyl (C=O) groups excluding carboxylic acids is 4. The number of amides is 4. The Labute approximate surface area is 580 Å². The van der Waals surface area contributed by atoms with Crippen LogP contribution >= 0.6 is 22.7 Å². The van der Waals surface area contributed by atoms with Crippen molar-refractivity contribution in [2.75, 3.05) is 131 Å². The maximum absolute atomic E-state index is 15.0. The van der Waals surface area contributed by atoms with Gasteiger partial charge in [-0.05, 0) is 89.6 Å². The van der Waals surface area contributed by atoms with Crippen molar-refractivity contribution in [3.63, 3.8) is 0 Å². The number of nitrogens with zero attached hydrogens (tertiary/aromatic N) is 7. The van der Waals surface area contributed by atoms with E-state index >= 15 is 0 Å². The Morgan fingerprint density at radius 2 is 1.06 bits per heavy atom. The van der Waals surface area contributed by atoms with Crippen molar-refractivity contribution in [3.05, 3.63) is 69.9 Å². The molecule has 23 nitrogen and oxygen atoms in total. The maximum Gasteiger partial charge on any atom is 0.408 e. The van der Waals surface area contributed by atoms with Crippen molar-refractivity contribution in [1.82, 2.24) is 35.3 Å². The third kappa shape index (κ3) is 16.3. The molecule has 8 atom stereocenters. The van der Waals surface area contributed by atoms with E-state index in [-0.39, 0.29) is 94.6 Å². The first kappa shape index (κ1) is 74.6. The number of carboxylic acid groups (broad SMARTS) is 1. The molecule has 12 rings (SSSR count). The van der Waals surface area contributed by atoms with Crippen LogP contribution in [0.2, 0.25) is 0 Å². The molecule has 2 aliphatic carbocycles. The number of carboxylic acids is 1. The van der Waals surface area contributed by atoms with Gasteiger partial charge in [0.25, 0.3) is 5.91 Å². The van der Waals surface area contributed by atoms with Gasteiger partial charge in [0.2, 0.25) is 33.7 Å². The highest BCUT2D eigenvalue weighted by atomic mass is 35.5. The normalized spacial score (nSPS) is 24.5. The number of quaternary nitrogens is 1. The molecule has 2 saturated carbocycles. The summed E-state index contributed by atoms with van der Waals surface area (Å²) in [5.74, 6) is 1.000. The number of likely N-dealkylation sites (tertiary alicyclic amines) is 2. The summed E-state index contributed by atoms with van der Waals surface area (Å²) in [4.78, 5) is 85.3. The maximum atomic E-state index is 15.0. The summed E-state index contributed by atoms with van der Waals surface area (Å²) in [7, 11) is 10.4. The second kappa shape index (κ2) is 32.2. The van der Waals surface area contributed by atoms with Gasteiger partial charge in [0, 0.05) is 84.4 Å². The molecule has 6 aliphatic heterocycles. The lowest BCUT2D eigenvalue weighted by atomic mass is 9.95. The van der Waals surface area contributed by atoms with E-state index in [2.05, 4.69) is 61.2 Å². The molecule has 4 N–H and O–H groups in total. The summed E-state index contributed by atoms with van der Waals surface area (Å²) in [5.41, 5.74) is 1.68. The SMILES string of the molecule is C#C[C@@H]1CN(C(=O)[C@@H](NC(=O)OC(C)(C)C)C2CCCC2)[C@H]2[C@@H]1OCC2(OC)OC.C#C[C@@H]1CN(C(=O)[C@@H](NC(=O)c2ccc(-c3nc(N4CCN(C)CC4)sc3F)cc2)C2CCCC2)[C@H]2[C@@H]1OCC2(OC)OC.C[NH+]1CCN(c2nc(-c3ccc(C(=O)O)cc3)c(F)s2)CC1.[Cl-]. The van der Waals surface area contributed by atoms with E-state index in [4.69, 9.17) is 51.1 Å². The number of thiazole rings is 2. The minimum atomic E-state index is -1.14. The number of hydrogen-bond acceptors (Lipinski definition) is 19. The van der Waals surface area contributed by atoms with Crippen molar-refractivity contribution in [2.24, 2.45) is 23.7 Å². The average Bonchev–Trinajstić information content (AvgIpc) is 1.59. The first-order valence-electron chi connectivity index (χ1n) is 33.0. The van der Waals surface area contributed by atoms with E-state index in [9.17, 15) is 32.8 Å².